The highest BCUT2D eigenvalue weighted by Crippen LogP contribution is 2.73. The molecule has 37 heavy (non-hydrogen) atoms. The Balaban J connectivity index is 1.67. The van der Waals surface area contributed by atoms with E-state index in [1.807, 2.05) is 37.9 Å². The summed E-state index contributed by atoms with van der Waals surface area (Å²) < 4.78 is 3.92. The van der Waals surface area contributed by atoms with Crippen LogP contribution in [0.5, 0.6) is 0 Å². The van der Waals surface area contributed by atoms with Crippen LogP contribution in [-0.4, -0.2) is 22.9 Å². The molecule has 3 saturated carbocycles. The van der Waals surface area contributed by atoms with E-state index in [1.165, 1.54) is 12.0 Å². The van der Waals surface area contributed by atoms with Gasteiger partial charge in [0.15, 0.2) is 11.6 Å². The molecule has 0 aromatic carbocycles. The van der Waals surface area contributed by atoms with Crippen molar-refractivity contribution >= 4 is 23.5 Å². The molecule has 202 valence electrons. The maximum absolute atomic E-state index is 14.4. The molecule has 5 aliphatic carbocycles. The fourth-order valence-electron chi connectivity index (χ4n) is 10.0. The molecule has 5 rings (SSSR count). The molecule has 0 aliphatic heterocycles. The first-order valence-electron chi connectivity index (χ1n) is 14.5. The molecule has 1 N–H and O–H groups in total. The zero-order valence-corrected chi connectivity index (χ0v) is 25.0. The molecule has 0 amide bonds. The van der Waals surface area contributed by atoms with Crippen LogP contribution >= 0.6 is 11.9 Å². The lowest BCUT2D eigenvalue weighted by Crippen LogP contribution is -2.68. The summed E-state index contributed by atoms with van der Waals surface area (Å²) in [7, 11) is 0. The molecule has 3 fully saturated rings. The largest absolute Gasteiger partial charge is 0.295 e. The van der Waals surface area contributed by atoms with Gasteiger partial charge in [0.1, 0.15) is 6.07 Å². The van der Waals surface area contributed by atoms with Crippen LogP contribution in [0.3, 0.4) is 0 Å². The van der Waals surface area contributed by atoms with Gasteiger partial charge in [-0.05, 0) is 79.1 Å². The van der Waals surface area contributed by atoms with Gasteiger partial charge < -0.3 is 0 Å². The van der Waals surface area contributed by atoms with E-state index in [2.05, 4.69) is 52.3 Å². The molecule has 0 heterocycles. The minimum Gasteiger partial charge on any atom is -0.295 e. The lowest BCUT2D eigenvalue weighted by Gasteiger charge is -2.69. The van der Waals surface area contributed by atoms with Crippen molar-refractivity contribution in [2.24, 2.45) is 44.8 Å². The van der Waals surface area contributed by atoms with E-state index in [-0.39, 0.29) is 50.8 Å². The zero-order chi connectivity index (χ0) is 27.2. The Bertz CT molecular complexity index is 1140. The number of nitrogens with zero attached hydrogens (tertiary/aromatic N) is 1. The quantitative estimate of drug-likeness (QED) is 0.396. The van der Waals surface area contributed by atoms with Gasteiger partial charge in [0.05, 0.1) is 5.57 Å². The zero-order valence-electron chi connectivity index (χ0n) is 24.2. The summed E-state index contributed by atoms with van der Waals surface area (Å²) in [5.41, 5.74) is 0.344. The molecule has 0 bridgehead atoms. The molecule has 5 aliphatic rings. The SMILES string of the molecule is CCSN[C@]12CCC(C)(C)CC1C1C(=O)C=C3[C@@]4(C)C=C(C#N)C(=O)C(C)(C)[C@@H]4CC[C@@]3(C)[C@]1(C)CC2. The van der Waals surface area contributed by atoms with Crippen molar-refractivity contribution in [3.05, 3.63) is 23.3 Å². The summed E-state index contributed by atoms with van der Waals surface area (Å²) in [5.74, 6) is 1.68. The van der Waals surface area contributed by atoms with E-state index in [1.54, 1.807) is 0 Å². The maximum atomic E-state index is 14.4. The standard InChI is InChI=1S/C32H46N2O2S/c1-9-37-34-32-14-12-27(2,3)18-21(32)25-22(35)16-24-29(6)17-20(19-33)26(36)28(4,5)23(29)10-11-30(24,7)31(25,8)13-15-32/h16-17,21,23,25,34H,9-15,18H2,1-8H3/t21?,23-,25?,29-,30+,31+,32-/m0/s1. The number of nitriles is 1. The minimum atomic E-state index is -0.617. The molecular formula is C32H46N2O2S. The highest BCUT2D eigenvalue weighted by Gasteiger charge is 2.69. The first kappa shape index (κ1) is 27.2. The Morgan fingerprint density at radius 2 is 1.70 bits per heavy atom. The van der Waals surface area contributed by atoms with Crippen LogP contribution in [0.4, 0.5) is 0 Å². The second-order valence-corrected chi connectivity index (χ2v) is 16.0. The fraction of sp³-hybridized carbons (Fsp3) is 0.781. The number of nitrogens with one attached hydrogen (secondary N) is 1. The number of Topliss-reactive ketones (excluding diaryl/α,β-unsaturated/α-hetero) is 1. The van der Waals surface area contributed by atoms with Gasteiger partial charge in [-0.25, -0.2) is 0 Å². The number of fused-ring (bicyclic) bond motifs is 7. The Kier molecular flexibility index (Phi) is 6.11. The van der Waals surface area contributed by atoms with Crippen molar-refractivity contribution < 1.29 is 9.59 Å². The predicted octanol–water partition coefficient (Wildman–Crippen LogP) is 7.22. The van der Waals surface area contributed by atoms with Crippen LogP contribution in [0.15, 0.2) is 23.3 Å². The van der Waals surface area contributed by atoms with E-state index in [0.717, 1.165) is 44.3 Å². The van der Waals surface area contributed by atoms with E-state index in [0.29, 0.717) is 5.92 Å². The lowest BCUT2D eigenvalue weighted by atomic mass is 9.35. The summed E-state index contributed by atoms with van der Waals surface area (Å²) in [6.45, 7) is 18.0. The van der Waals surface area contributed by atoms with Crippen molar-refractivity contribution in [3.8, 4) is 6.07 Å². The molecule has 0 saturated heterocycles. The van der Waals surface area contributed by atoms with Gasteiger partial charge in [-0.2, -0.15) is 5.26 Å². The smallest absolute Gasteiger partial charge is 0.178 e. The summed E-state index contributed by atoms with van der Waals surface area (Å²) >= 11 is 1.82. The third kappa shape index (κ3) is 3.50. The van der Waals surface area contributed by atoms with Crippen LogP contribution < -0.4 is 4.72 Å². The first-order chi connectivity index (χ1) is 17.1. The summed E-state index contributed by atoms with van der Waals surface area (Å²) in [5, 5.41) is 9.89. The molecule has 0 aromatic heterocycles. The molecule has 0 radical (unpaired) electrons. The van der Waals surface area contributed by atoms with Crippen LogP contribution in [0.1, 0.15) is 100 Å². The van der Waals surface area contributed by atoms with Crippen LogP contribution in [0.2, 0.25) is 0 Å². The van der Waals surface area contributed by atoms with Crippen molar-refractivity contribution in [2.45, 2.75) is 106 Å². The summed E-state index contributed by atoms with van der Waals surface area (Å²) in [6.07, 6.45) is 11.4. The average molecular weight is 523 g/mol. The van der Waals surface area contributed by atoms with Crippen molar-refractivity contribution in [2.75, 3.05) is 5.75 Å². The Morgan fingerprint density at radius 1 is 1.03 bits per heavy atom. The van der Waals surface area contributed by atoms with Crippen LogP contribution in [-0.2, 0) is 9.59 Å². The molecule has 0 spiro atoms. The van der Waals surface area contributed by atoms with E-state index >= 15 is 0 Å². The highest BCUT2D eigenvalue weighted by atomic mass is 32.2. The third-order valence-corrected chi connectivity index (χ3v) is 13.1. The van der Waals surface area contributed by atoms with Gasteiger partial charge >= 0.3 is 0 Å². The second-order valence-electron chi connectivity index (χ2n) is 14.9. The molecular weight excluding hydrogens is 476 g/mol. The topological polar surface area (TPSA) is 70.0 Å². The number of ketones is 2. The summed E-state index contributed by atoms with van der Waals surface area (Å²) in [4.78, 5) is 27.7. The Labute approximate surface area is 228 Å². The van der Waals surface area contributed by atoms with Gasteiger partial charge in [-0.1, -0.05) is 79.0 Å². The number of hydrogen-bond acceptors (Lipinski definition) is 5. The monoisotopic (exact) mass is 522 g/mol. The average Bonchev–Trinajstić information content (AvgIpc) is 2.82. The first-order valence-corrected chi connectivity index (χ1v) is 15.4. The molecule has 2 unspecified atom stereocenters. The van der Waals surface area contributed by atoms with E-state index in [4.69, 9.17) is 0 Å². The number of carbonyl (C=O) groups excluding carboxylic acids is 2. The van der Waals surface area contributed by atoms with Gasteiger partial charge in [0, 0.05) is 28.0 Å². The Morgan fingerprint density at radius 3 is 2.35 bits per heavy atom. The maximum Gasteiger partial charge on any atom is 0.178 e. The van der Waals surface area contributed by atoms with Crippen molar-refractivity contribution in [3.63, 3.8) is 0 Å². The fourth-order valence-corrected chi connectivity index (χ4v) is 10.8. The van der Waals surface area contributed by atoms with Gasteiger partial charge in [-0.15, -0.1) is 0 Å². The summed E-state index contributed by atoms with van der Waals surface area (Å²) in [6, 6.07) is 2.21. The van der Waals surface area contributed by atoms with Crippen molar-refractivity contribution in [1.29, 1.82) is 5.26 Å². The number of allylic oxidation sites excluding steroid dienone is 4. The predicted molar refractivity (Wildman–Crippen MR) is 150 cm³/mol. The molecule has 4 nitrogen and oxygen atoms in total. The van der Waals surface area contributed by atoms with Gasteiger partial charge in [0.2, 0.25) is 0 Å². The van der Waals surface area contributed by atoms with E-state index < -0.39 is 10.8 Å². The number of hydrogen-bond donors (Lipinski definition) is 1. The molecule has 7 atom stereocenters. The van der Waals surface area contributed by atoms with Gasteiger partial charge in [0.25, 0.3) is 0 Å². The lowest BCUT2D eigenvalue weighted by molar-refractivity contribution is -0.159. The minimum absolute atomic E-state index is 0.00247. The molecule has 0 aromatic rings. The Hall–Kier alpha value is -1.38. The third-order valence-electron chi connectivity index (χ3n) is 12.3. The second kappa shape index (κ2) is 8.31. The normalized spacial score (nSPS) is 45.9. The van der Waals surface area contributed by atoms with Crippen LogP contribution in [0, 0.1) is 56.2 Å². The number of carbonyl (C=O) groups is 2. The highest BCUT2D eigenvalue weighted by molar-refractivity contribution is 7.97. The van der Waals surface area contributed by atoms with Crippen LogP contribution in [0.25, 0.3) is 0 Å². The molecule has 5 heteroatoms. The van der Waals surface area contributed by atoms with Crippen molar-refractivity contribution in [1.82, 2.24) is 4.72 Å². The van der Waals surface area contributed by atoms with Gasteiger partial charge in [-0.3, -0.25) is 14.3 Å². The van der Waals surface area contributed by atoms with E-state index in [9.17, 15) is 14.9 Å². The number of rotatable bonds is 3.